The summed E-state index contributed by atoms with van der Waals surface area (Å²) in [6.45, 7) is 0. The van der Waals surface area contributed by atoms with E-state index in [0.29, 0.717) is 5.69 Å². The van der Waals surface area contributed by atoms with Crippen LogP contribution in [0.15, 0.2) is 46.3 Å². The lowest BCUT2D eigenvalue weighted by molar-refractivity contribution is 0.102. The van der Waals surface area contributed by atoms with E-state index in [0.717, 1.165) is 12.4 Å². The summed E-state index contributed by atoms with van der Waals surface area (Å²) >= 11 is 0. The Labute approximate surface area is 113 Å². The molecule has 0 unspecified atom stereocenters. The number of aromatic nitrogens is 2. The fraction of sp³-hybridized carbons (Fsp3) is 0. The zero-order chi connectivity index (χ0) is 14.8. The van der Waals surface area contributed by atoms with Gasteiger partial charge in [0.25, 0.3) is 11.5 Å². The van der Waals surface area contributed by atoms with Gasteiger partial charge >= 0.3 is 0 Å². The largest absolute Gasteiger partial charge is 0.321 e. The molecule has 1 amide bonds. The number of carbonyl (C=O) groups excluding carboxylic acids is 1. The van der Waals surface area contributed by atoms with Crippen molar-refractivity contribution in [2.75, 3.05) is 5.32 Å². The van der Waals surface area contributed by atoms with Crippen LogP contribution >= 0.6 is 0 Å². The molecule has 0 saturated heterocycles. The number of hydrogen-bond acceptors (Lipinski definition) is 5. The Morgan fingerprint density at radius 3 is 2.45 bits per heavy atom. The van der Waals surface area contributed by atoms with Crippen molar-refractivity contribution in [2.24, 2.45) is 5.14 Å². The number of H-pyrrole nitrogens is 1. The van der Waals surface area contributed by atoms with Crippen LogP contribution in [0.1, 0.15) is 10.5 Å². The molecular weight excluding hydrogens is 284 g/mol. The SMILES string of the molecule is NS(=O)(=O)c1ccc(NC(=O)c2cc(=O)[nH]cn2)cc1. The van der Waals surface area contributed by atoms with Crippen LogP contribution < -0.4 is 16.0 Å². The van der Waals surface area contributed by atoms with E-state index < -0.39 is 21.5 Å². The highest BCUT2D eigenvalue weighted by Gasteiger charge is 2.10. The first-order valence-electron chi connectivity index (χ1n) is 5.35. The third-order valence-corrected chi connectivity index (χ3v) is 3.28. The van der Waals surface area contributed by atoms with E-state index in [1.807, 2.05) is 0 Å². The van der Waals surface area contributed by atoms with Gasteiger partial charge in [-0.05, 0) is 24.3 Å². The number of nitrogens with two attached hydrogens (primary N) is 1. The zero-order valence-corrected chi connectivity index (χ0v) is 10.8. The van der Waals surface area contributed by atoms with E-state index in [-0.39, 0.29) is 10.6 Å². The molecule has 1 aromatic carbocycles. The van der Waals surface area contributed by atoms with Crippen molar-refractivity contribution in [1.29, 1.82) is 0 Å². The van der Waals surface area contributed by atoms with Crippen molar-refractivity contribution < 1.29 is 13.2 Å². The molecule has 104 valence electrons. The molecule has 0 saturated carbocycles. The van der Waals surface area contributed by atoms with Crippen LogP contribution in [-0.4, -0.2) is 24.3 Å². The van der Waals surface area contributed by atoms with E-state index in [9.17, 15) is 18.0 Å². The Hall–Kier alpha value is -2.52. The van der Waals surface area contributed by atoms with E-state index in [1.165, 1.54) is 24.3 Å². The molecule has 4 N–H and O–H groups in total. The quantitative estimate of drug-likeness (QED) is 0.712. The van der Waals surface area contributed by atoms with Crippen LogP contribution in [0.5, 0.6) is 0 Å². The van der Waals surface area contributed by atoms with E-state index >= 15 is 0 Å². The Bertz CT molecular complexity index is 796. The summed E-state index contributed by atoms with van der Waals surface area (Å²) in [4.78, 5) is 28.8. The number of anilines is 1. The summed E-state index contributed by atoms with van der Waals surface area (Å²) in [5, 5.41) is 7.43. The predicted octanol–water partition coefficient (Wildman–Crippen LogP) is -0.330. The smallest absolute Gasteiger partial charge is 0.274 e. The molecule has 8 nitrogen and oxygen atoms in total. The molecule has 1 aromatic heterocycles. The van der Waals surface area contributed by atoms with Gasteiger partial charge < -0.3 is 10.3 Å². The first-order chi connectivity index (χ1) is 9.36. The van der Waals surface area contributed by atoms with Gasteiger partial charge in [0.2, 0.25) is 10.0 Å². The minimum atomic E-state index is -3.78. The van der Waals surface area contributed by atoms with Crippen molar-refractivity contribution in [2.45, 2.75) is 4.90 Å². The summed E-state index contributed by atoms with van der Waals surface area (Å²) in [5.74, 6) is -0.584. The number of hydrogen-bond donors (Lipinski definition) is 3. The fourth-order valence-corrected chi connectivity index (χ4v) is 1.93. The lowest BCUT2D eigenvalue weighted by Crippen LogP contribution is -2.18. The third-order valence-electron chi connectivity index (χ3n) is 2.35. The Balaban J connectivity index is 2.18. The second kappa shape index (κ2) is 5.23. The normalized spacial score (nSPS) is 11.1. The minimum absolute atomic E-state index is 0.0516. The van der Waals surface area contributed by atoms with Crippen molar-refractivity contribution >= 4 is 21.6 Å². The van der Waals surface area contributed by atoms with Crippen LogP contribution in [0, 0.1) is 0 Å². The van der Waals surface area contributed by atoms with Gasteiger partial charge in [0.15, 0.2) is 0 Å². The second-order valence-electron chi connectivity index (χ2n) is 3.82. The van der Waals surface area contributed by atoms with Gasteiger partial charge in [-0.25, -0.2) is 18.5 Å². The molecule has 1 heterocycles. The highest BCUT2D eigenvalue weighted by atomic mass is 32.2. The summed E-state index contributed by atoms with van der Waals surface area (Å²) in [7, 11) is -3.78. The van der Waals surface area contributed by atoms with Gasteiger partial charge in [-0.3, -0.25) is 9.59 Å². The molecule has 2 rings (SSSR count). The van der Waals surface area contributed by atoms with Crippen LogP contribution in [0.3, 0.4) is 0 Å². The predicted molar refractivity (Wildman–Crippen MR) is 70.6 cm³/mol. The lowest BCUT2D eigenvalue weighted by atomic mass is 10.3. The van der Waals surface area contributed by atoms with Gasteiger partial charge in [0.1, 0.15) is 5.69 Å². The average molecular weight is 294 g/mol. The van der Waals surface area contributed by atoms with Gasteiger partial charge in [-0.1, -0.05) is 0 Å². The van der Waals surface area contributed by atoms with Gasteiger partial charge in [-0.2, -0.15) is 0 Å². The molecule has 2 aromatic rings. The number of rotatable bonds is 3. The number of amides is 1. The highest BCUT2D eigenvalue weighted by molar-refractivity contribution is 7.89. The molecule has 0 spiro atoms. The summed E-state index contributed by atoms with van der Waals surface area (Å²) < 4.78 is 22.1. The first kappa shape index (κ1) is 13.9. The molecule has 0 aliphatic carbocycles. The molecule has 0 fully saturated rings. The number of nitrogens with one attached hydrogen (secondary N) is 2. The summed E-state index contributed by atoms with van der Waals surface area (Å²) in [5.41, 5.74) is -0.150. The Kier molecular flexibility index (Phi) is 3.63. The van der Waals surface area contributed by atoms with Crippen molar-refractivity contribution in [1.82, 2.24) is 9.97 Å². The molecule has 0 atom stereocenters. The summed E-state index contributed by atoms with van der Waals surface area (Å²) in [6.07, 6.45) is 1.11. The van der Waals surface area contributed by atoms with Gasteiger partial charge in [-0.15, -0.1) is 0 Å². The van der Waals surface area contributed by atoms with Crippen LogP contribution in [0.2, 0.25) is 0 Å². The number of sulfonamides is 1. The van der Waals surface area contributed by atoms with Crippen molar-refractivity contribution in [3.63, 3.8) is 0 Å². The first-order valence-corrected chi connectivity index (χ1v) is 6.90. The minimum Gasteiger partial charge on any atom is -0.321 e. The molecule has 0 aliphatic heterocycles. The molecular formula is C11H10N4O4S. The number of primary sulfonamides is 1. The number of carbonyl (C=O) groups is 1. The highest BCUT2D eigenvalue weighted by Crippen LogP contribution is 2.13. The number of benzene rings is 1. The molecule has 9 heteroatoms. The van der Waals surface area contributed by atoms with Gasteiger partial charge in [0, 0.05) is 11.8 Å². The number of nitrogens with zero attached hydrogens (tertiary/aromatic N) is 1. The topological polar surface area (TPSA) is 135 Å². The van der Waals surface area contributed by atoms with E-state index in [1.54, 1.807) is 0 Å². The Morgan fingerprint density at radius 1 is 1.25 bits per heavy atom. The molecule has 0 aliphatic rings. The van der Waals surface area contributed by atoms with Crippen molar-refractivity contribution in [3.05, 3.63) is 52.7 Å². The van der Waals surface area contributed by atoms with Crippen molar-refractivity contribution in [3.8, 4) is 0 Å². The fourth-order valence-electron chi connectivity index (χ4n) is 1.42. The molecule has 20 heavy (non-hydrogen) atoms. The summed E-state index contributed by atoms with van der Waals surface area (Å²) in [6, 6.07) is 6.33. The van der Waals surface area contributed by atoms with Crippen LogP contribution in [0.25, 0.3) is 0 Å². The zero-order valence-electron chi connectivity index (χ0n) is 10.0. The third kappa shape index (κ3) is 3.28. The maximum absolute atomic E-state index is 11.8. The van der Waals surface area contributed by atoms with E-state index in [4.69, 9.17) is 5.14 Å². The average Bonchev–Trinajstić information content (AvgIpc) is 2.38. The van der Waals surface area contributed by atoms with Crippen LogP contribution in [0.4, 0.5) is 5.69 Å². The van der Waals surface area contributed by atoms with E-state index in [2.05, 4.69) is 15.3 Å². The molecule has 0 radical (unpaired) electrons. The van der Waals surface area contributed by atoms with Gasteiger partial charge in [0.05, 0.1) is 11.2 Å². The standard InChI is InChI=1S/C11H10N4O4S/c12-20(18,19)8-3-1-7(2-4-8)15-11(17)9-5-10(16)14-6-13-9/h1-6H,(H,15,17)(H2,12,18,19)(H,13,14,16). The monoisotopic (exact) mass is 294 g/mol. The maximum Gasteiger partial charge on any atom is 0.274 e. The second-order valence-corrected chi connectivity index (χ2v) is 5.38. The lowest BCUT2D eigenvalue weighted by Gasteiger charge is -2.05. The van der Waals surface area contributed by atoms with Crippen LogP contribution in [-0.2, 0) is 10.0 Å². The Morgan fingerprint density at radius 2 is 1.90 bits per heavy atom. The number of aromatic amines is 1. The maximum atomic E-state index is 11.8. The molecule has 0 bridgehead atoms.